The van der Waals surface area contributed by atoms with E-state index in [9.17, 15) is 9.59 Å². The number of ketones is 1. The zero-order valence-electron chi connectivity index (χ0n) is 14.0. The molecule has 0 aliphatic carbocycles. The summed E-state index contributed by atoms with van der Waals surface area (Å²) >= 11 is 0. The Morgan fingerprint density at radius 2 is 1.80 bits per heavy atom. The highest BCUT2D eigenvalue weighted by atomic mass is 16.7. The van der Waals surface area contributed by atoms with Gasteiger partial charge in [-0.3, -0.25) is 4.79 Å². The first kappa shape index (κ1) is 16.8. The number of esters is 1. The summed E-state index contributed by atoms with van der Waals surface area (Å²) in [5, 5.41) is 0. The van der Waals surface area contributed by atoms with Crippen LogP contribution < -0.4 is 9.47 Å². The van der Waals surface area contributed by atoms with Crippen molar-refractivity contribution < 1.29 is 23.8 Å². The molecule has 0 spiro atoms. The molecule has 1 heterocycles. The number of carbonyl (C=O) groups is 2. The fraction of sp³-hybridized carbons (Fsp3) is 0.200. The maximum atomic E-state index is 12.3. The molecule has 1 unspecified atom stereocenters. The molecule has 1 aliphatic rings. The summed E-state index contributed by atoms with van der Waals surface area (Å²) in [7, 11) is 0. The van der Waals surface area contributed by atoms with Crippen LogP contribution >= 0.6 is 0 Å². The number of fused-ring (bicyclic) bond motifs is 1. The molecule has 1 aliphatic heterocycles. The quantitative estimate of drug-likeness (QED) is 0.474. The van der Waals surface area contributed by atoms with E-state index in [0.717, 1.165) is 11.1 Å². The van der Waals surface area contributed by atoms with Gasteiger partial charge in [0.25, 0.3) is 0 Å². The Labute approximate surface area is 145 Å². The molecule has 0 fully saturated rings. The Morgan fingerprint density at radius 1 is 1.08 bits per heavy atom. The van der Waals surface area contributed by atoms with Gasteiger partial charge in [-0.2, -0.15) is 0 Å². The van der Waals surface area contributed by atoms with Crippen molar-refractivity contribution in [3.05, 3.63) is 65.2 Å². The molecule has 0 radical (unpaired) electrons. The molecule has 0 aromatic heterocycles. The predicted molar refractivity (Wildman–Crippen MR) is 92.7 cm³/mol. The van der Waals surface area contributed by atoms with Crippen molar-refractivity contribution >= 4 is 17.8 Å². The molecule has 0 saturated heterocycles. The van der Waals surface area contributed by atoms with E-state index in [-0.39, 0.29) is 12.6 Å². The van der Waals surface area contributed by atoms with Gasteiger partial charge in [-0.1, -0.05) is 35.9 Å². The highest BCUT2D eigenvalue weighted by molar-refractivity contribution is 6.01. The van der Waals surface area contributed by atoms with Crippen LogP contribution in [0.2, 0.25) is 0 Å². The number of rotatable bonds is 5. The fourth-order valence-electron chi connectivity index (χ4n) is 2.40. The Morgan fingerprint density at radius 3 is 2.56 bits per heavy atom. The summed E-state index contributed by atoms with van der Waals surface area (Å²) in [5.41, 5.74) is 2.36. The van der Waals surface area contributed by atoms with Crippen molar-refractivity contribution in [3.63, 3.8) is 0 Å². The molecular formula is C20H18O5. The fourth-order valence-corrected chi connectivity index (χ4v) is 2.40. The molecule has 25 heavy (non-hydrogen) atoms. The third kappa shape index (κ3) is 4.07. The summed E-state index contributed by atoms with van der Waals surface area (Å²) in [6.45, 7) is 3.70. The van der Waals surface area contributed by atoms with E-state index in [1.807, 2.05) is 19.1 Å². The van der Waals surface area contributed by atoms with Gasteiger partial charge in [0.1, 0.15) is 0 Å². The van der Waals surface area contributed by atoms with Crippen molar-refractivity contribution in [1.82, 2.24) is 0 Å². The maximum Gasteiger partial charge on any atom is 0.331 e. The molecule has 1 atom stereocenters. The standard InChI is InChI=1S/C20H18O5/c1-13-3-7-16(8-4-13)20(22)14(2)25-19(21)10-6-15-5-9-17-18(11-15)24-12-23-17/h3-11,14H,12H2,1-2H3/b10-6+. The molecule has 128 valence electrons. The number of benzene rings is 2. The van der Waals surface area contributed by atoms with E-state index in [4.69, 9.17) is 14.2 Å². The minimum Gasteiger partial charge on any atom is -0.454 e. The Hall–Kier alpha value is -3.08. The smallest absolute Gasteiger partial charge is 0.331 e. The largest absolute Gasteiger partial charge is 0.454 e. The molecule has 5 nitrogen and oxygen atoms in total. The lowest BCUT2D eigenvalue weighted by Crippen LogP contribution is -2.23. The van der Waals surface area contributed by atoms with Crippen LogP contribution in [0.3, 0.4) is 0 Å². The number of Topliss-reactive ketones (excluding diaryl/α,β-unsaturated/α-hetero) is 1. The first-order chi connectivity index (χ1) is 12.0. The van der Waals surface area contributed by atoms with Gasteiger partial charge in [-0.05, 0) is 37.6 Å². The van der Waals surface area contributed by atoms with Gasteiger partial charge in [-0.25, -0.2) is 4.79 Å². The Bertz CT molecular complexity index is 820. The number of aryl methyl sites for hydroxylation is 1. The van der Waals surface area contributed by atoms with E-state index in [1.165, 1.54) is 6.08 Å². The summed E-state index contributed by atoms with van der Waals surface area (Å²) in [5.74, 6) is 0.505. The Balaban J connectivity index is 1.59. The minimum absolute atomic E-state index is 0.198. The number of hydrogen-bond acceptors (Lipinski definition) is 5. The highest BCUT2D eigenvalue weighted by Crippen LogP contribution is 2.32. The van der Waals surface area contributed by atoms with E-state index in [2.05, 4.69) is 0 Å². The van der Waals surface area contributed by atoms with Crippen LogP contribution in [0.4, 0.5) is 0 Å². The molecule has 0 N–H and O–H groups in total. The topological polar surface area (TPSA) is 61.8 Å². The molecular weight excluding hydrogens is 320 g/mol. The summed E-state index contributed by atoms with van der Waals surface area (Å²) < 4.78 is 15.7. The number of carbonyl (C=O) groups excluding carboxylic acids is 2. The third-order valence-electron chi connectivity index (χ3n) is 3.81. The van der Waals surface area contributed by atoms with Crippen molar-refractivity contribution in [2.75, 3.05) is 6.79 Å². The zero-order valence-corrected chi connectivity index (χ0v) is 14.0. The van der Waals surface area contributed by atoms with Crippen molar-refractivity contribution in [2.45, 2.75) is 20.0 Å². The predicted octanol–water partition coefficient (Wildman–Crippen LogP) is 3.55. The maximum absolute atomic E-state index is 12.3. The lowest BCUT2D eigenvalue weighted by molar-refractivity contribution is -0.140. The Kier molecular flexibility index (Phi) is 4.84. The van der Waals surface area contributed by atoms with E-state index < -0.39 is 12.1 Å². The molecule has 0 bridgehead atoms. The highest BCUT2D eigenvalue weighted by Gasteiger charge is 2.18. The van der Waals surface area contributed by atoms with Crippen LogP contribution in [0.1, 0.15) is 28.4 Å². The average molecular weight is 338 g/mol. The van der Waals surface area contributed by atoms with E-state index in [1.54, 1.807) is 43.3 Å². The third-order valence-corrected chi connectivity index (χ3v) is 3.81. The van der Waals surface area contributed by atoms with Gasteiger partial charge >= 0.3 is 5.97 Å². The molecule has 5 heteroatoms. The van der Waals surface area contributed by atoms with Gasteiger partial charge in [-0.15, -0.1) is 0 Å². The summed E-state index contributed by atoms with van der Waals surface area (Å²) in [6.07, 6.45) is 2.04. The zero-order chi connectivity index (χ0) is 17.8. The number of ether oxygens (including phenoxy) is 3. The number of hydrogen-bond donors (Lipinski definition) is 0. The monoisotopic (exact) mass is 338 g/mol. The van der Waals surface area contributed by atoms with Gasteiger partial charge in [0, 0.05) is 11.6 Å². The molecule has 0 amide bonds. The van der Waals surface area contributed by atoms with Crippen LogP contribution in [-0.4, -0.2) is 24.6 Å². The van der Waals surface area contributed by atoms with Crippen LogP contribution in [0.25, 0.3) is 6.08 Å². The lowest BCUT2D eigenvalue weighted by atomic mass is 10.1. The molecule has 2 aromatic carbocycles. The van der Waals surface area contributed by atoms with Crippen LogP contribution in [0.15, 0.2) is 48.5 Å². The normalized spacial score (nSPS) is 13.7. The SMILES string of the molecule is Cc1ccc(C(=O)C(C)OC(=O)/C=C/c2ccc3c(c2)OCO3)cc1. The van der Waals surface area contributed by atoms with Gasteiger partial charge < -0.3 is 14.2 Å². The van der Waals surface area contributed by atoms with Crippen molar-refractivity contribution in [3.8, 4) is 11.5 Å². The van der Waals surface area contributed by atoms with Crippen molar-refractivity contribution in [2.24, 2.45) is 0 Å². The van der Waals surface area contributed by atoms with Crippen LogP contribution in [0, 0.1) is 6.92 Å². The van der Waals surface area contributed by atoms with E-state index in [0.29, 0.717) is 17.1 Å². The lowest BCUT2D eigenvalue weighted by Gasteiger charge is -2.11. The second-order valence-electron chi connectivity index (χ2n) is 5.76. The molecule has 3 rings (SSSR count). The second kappa shape index (κ2) is 7.21. The van der Waals surface area contributed by atoms with Gasteiger partial charge in [0.15, 0.2) is 17.6 Å². The second-order valence-corrected chi connectivity index (χ2v) is 5.76. The van der Waals surface area contributed by atoms with Crippen molar-refractivity contribution in [1.29, 1.82) is 0 Å². The summed E-state index contributed by atoms with van der Waals surface area (Å²) in [4.78, 5) is 24.2. The van der Waals surface area contributed by atoms with Crippen LogP contribution in [-0.2, 0) is 9.53 Å². The minimum atomic E-state index is -0.850. The first-order valence-electron chi connectivity index (χ1n) is 7.92. The van der Waals surface area contributed by atoms with E-state index >= 15 is 0 Å². The average Bonchev–Trinajstić information content (AvgIpc) is 3.07. The first-order valence-corrected chi connectivity index (χ1v) is 7.92. The molecule has 0 saturated carbocycles. The molecule has 2 aromatic rings. The van der Waals surface area contributed by atoms with Crippen LogP contribution in [0.5, 0.6) is 11.5 Å². The van der Waals surface area contributed by atoms with Gasteiger partial charge in [0.05, 0.1) is 0 Å². The van der Waals surface area contributed by atoms with Gasteiger partial charge in [0.2, 0.25) is 12.6 Å². The summed E-state index contributed by atoms with van der Waals surface area (Å²) in [6, 6.07) is 12.5.